The van der Waals surface area contributed by atoms with Gasteiger partial charge in [-0.25, -0.2) is 0 Å². The van der Waals surface area contributed by atoms with Crippen molar-refractivity contribution in [2.75, 3.05) is 32.3 Å². The molecule has 1 amide bonds. The zero-order valence-electron chi connectivity index (χ0n) is 18.3. The maximum absolute atomic E-state index is 12.7. The number of H-pyrrole nitrogens is 1. The summed E-state index contributed by atoms with van der Waals surface area (Å²) in [6.07, 6.45) is 0.383. The van der Waals surface area contributed by atoms with Gasteiger partial charge in [0.05, 0.1) is 23.8 Å². The van der Waals surface area contributed by atoms with Gasteiger partial charge in [-0.3, -0.25) is 19.1 Å². The molecule has 0 aliphatic carbocycles. The fourth-order valence-corrected chi connectivity index (χ4v) is 4.66. The van der Waals surface area contributed by atoms with E-state index in [0.29, 0.717) is 12.2 Å². The van der Waals surface area contributed by atoms with Crippen LogP contribution in [0.1, 0.15) is 18.7 Å². The fourth-order valence-electron chi connectivity index (χ4n) is 4.06. The molecule has 15 heteroatoms. The Morgan fingerprint density at radius 2 is 2.15 bits per heavy atom. The van der Waals surface area contributed by atoms with E-state index in [1.807, 2.05) is 6.92 Å². The number of nitrogens with two attached hydrogens (primary N) is 2. The van der Waals surface area contributed by atoms with Gasteiger partial charge in [0.15, 0.2) is 5.65 Å². The monoisotopic (exact) mass is 488 g/mol. The van der Waals surface area contributed by atoms with Gasteiger partial charge in [0.1, 0.15) is 18.4 Å². The summed E-state index contributed by atoms with van der Waals surface area (Å²) >= 11 is 0. The molecule has 0 radical (unpaired) electrons. The van der Waals surface area contributed by atoms with Gasteiger partial charge in [0.25, 0.3) is 15.7 Å². The smallest absolute Gasteiger partial charge is 0.266 e. The lowest BCUT2D eigenvalue weighted by molar-refractivity contribution is -0.122. The van der Waals surface area contributed by atoms with Gasteiger partial charge in [-0.2, -0.15) is 13.4 Å². The van der Waals surface area contributed by atoms with E-state index in [9.17, 15) is 18.0 Å². The van der Waals surface area contributed by atoms with Gasteiger partial charge in [0, 0.05) is 38.4 Å². The first kappa shape index (κ1) is 25.1. The summed E-state index contributed by atoms with van der Waals surface area (Å²) in [5.41, 5.74) is 11.4. The van der Waals surface area contributed by atoms with Crippen molar-refractivity contribution in [3.05, 3.63) is 22.1 Å². The maximum Gasteiger partial charge on any atom is 0.266 e. The molecular weight excluding hydrogens is 460 g/mol. The number of nitrogens with zero attached hydrogens (tertiary/aromatic N) is 2. The first-order valence-electron chi connectivity index (χ1n) is 10.0. The zero-order chi connectivity index (χ0) is 24.5. The summed E-state index contributed by atoms with van der Waals surface area (Å²) in [4.78, 5) is 31.5. The van der Waals surface area contributed by atoms with Crippen LogP contribution in [0.2, 0.25) is 0 Å². The Hall–Kier alpha value is -2.56. The number of aromatic nitrogens is 3. The van der Waals surface area contributed by atoms with Crippen LogP contribution in [0.4, 0.5) is 5.95 Å². The zero-order valence-corrected chi connectivity index (χ0v) is 19.2. The molecule has 14 nitrogen and oxygen atoms in total. The number of hydrogen-bond acceptors (Lipinski definition) is 10. The van der Waals surface area contributed by atoms with Crippen molar-refractivity contribution < 1.29 is 32.0 Å². The molecule has 7 N–H and O–H groups in total. The van der Waals surface area contributed by atoms with Crippen molar-refractivity contribution in [2.24, 2.45) is 11.7 Å². The second-order valence-electron chi connectivity index (χ2n) is 7.86. The van der Waals surface area contributed by atoms with Gasteiger partial charge >= 0.3 is 0 Å². The van der Waals surface area contributed by atoms with E-state index >= 15 is 0 Å². The summed E-state index contributed by atoms with van der Waals surface area (Å²) in [6, 6.07) is -1.49. The highest BCUT2D eigenvalue weighted by Gasteiger charge is 2.44. The Balaban J connectivity index is 1.95. The van der Waals surface area contributed by atoms with Crippen molar-refractivity contribution >= 4 is 33.0 Å². The largest absolute Gasteiger partial charge is 0.382 e. The van der Waals surface area contributed by atoms with Crippen LogP contribution >= 0.6 is 0 Å². The van der Waals surface area contributed by atoms with E-state index in [-0.39, 0.29) is 41.7 Å². The standard InChI is InChI=1S/C18H28N6O8S/c1-8-13(31-3)11(6-30-2)32-17(8)24-5-9(12-14(24)22-18(20)23-16(12)26)4-21-15(25)10(19)7-33(27,28)29/h5,8,10-11,13,17H,4,6-7,19H2,1-3H3,(H,21,25)(H,27,28,29)(H3,20,22,23,26). The quantitative estimate of drug-likeness (QED) is 0.252. The third-order valence-corrected chi connectivity index (χ3v) is 6.27. The molecule has 3 heterocycles. The number of carbonyl (C=O) groups is 1. The number of methoxy groups -OCH3 is 2. The Bertz CT molecular complexity index is 1180. The first-order valence-corrected chi connectivity index (χ1v) is 11.6. The minimum Gasteiger partial charge on any atom is -0.382 e. The molecule has 2 aromatic heterocycles. The topological polar surface area (TPSA) is 214 Å². The molecule has 33 heavy (non-hydrogen) atoms. The molecule has 5 unspecified atom stereocenters. The number of rotatable bonds is 9. The number of fused-ring (bicyclic) bond motifs is 1. The highest BCUT2D eigenvalue weighted by molar-refractivity contribution is 7.85. The summed E-state index contributed by atoms with van der Waals surface area (Å²) in [7, 11) is -1.32. The number of amides is 1. The number of nitrogen functional groups attached to an aromatic ring is 1. The second kappa shape index (κ2) is 9.74. The molecule has 0 aromatic carbocycles. The molecule has 2 aromatic rings. The molecule has 0 saturated carbocycles. The van der Waals surface area contributed by atoms with Crippen LogP contribution in [0.15, 0.2) is 11.0 Å². The van der Waals surface area contributed by atoms with Crippen molar-refractivity contribution in [1.82, 2.24) is 19.9 Å². The molecule has 1 saturated heterocycles. The molecule has 1 aliphatic rings. The van der Waals surface area contributed by atoms with E-state index in [2.05, 4.69) is 15.3 Å². The van der Waals surface area contributed by atoms with Crippen LogP contribution in [-0.2, 0) is 35.7 Å². The molecule has 3 rings (SSSR count). The number of ether oxygens (including phenoxy) is 3. The number of anilines is 1. The summed E-state index contributed by atoms with van der Waals surface area (Å²) in [5.74, 6) is -2.01. The second-order valence-corrected chi connectivity index (χ2v) is 9.36. The fraction of sp³-hybridized carbons (Fsp3) is 0.611. The third-order valence-electron chi connectivity index (χ3n) is 5.49. The van der Waals surface area contributed by atoms with Gasteiger partial charge < -0.3 is 35.6 Å². The molecule has 5 atom stereocenters. The number of aromatic amines is 1. The Morgan fingerprint density at radius 1 is 1.45 bits per heavy atom. The number of nitrogens with one attached hydrogen (secondary N) is 2. The summed E-state index contributed by atoms with van der Waals surface area (Å²) in [5, 5.41) is 2.64. The predicted molar refractivity (Wildman–Crippen MR) is 117 cm³/mol. The van der Waals surface area contributed by atoms with Crippen molar-refractivity contribution in [2.45, 2.75) is 37.9 Å². The summed E-state index contributed by atoms with van der Waals surface area (Å²) < 4.78 is 49.4. The minimum atomic E-state index is -4.44. The lowest BCUT2D eigenvalue weighted by atomic mass is 10.0. The third kappa shape index (κ3) is 5.34. The minimum absolute atomic E-state index is 0.0972. The predicted octanol–water partition coefficient (Wildman–Crippen LogP) is -1.67. The van der Waals surface area contributed by atoms with E-state index in [1.165, 1.54) is 0 Å². The average molecular weight is 489 g/mol. The highest BCUT2D eigenvalue weighted by atomic mass is 32.2. The lowest BCUT2D eigenvalue weighted by Crippen LogP contribution is -2.44. The van der Waals surface area contributed by atoms with Gasteiger partial charge in [-0.15, -0.1) is 0 Å². The van der Waals surface area contributed by atoms with Crippen molar-refractivity contribution in [1.29, 1.82) is 0 Å². The maximum atomic E-state index is 12.7. The normalized spacial score (nSPS) is 24.3. The van der Waals surface area contributed by atoms with Gasteiger partial charge in [0.2, 0.25) is 11.9 Å². The first-order chi connectivity index (χ1) is 15.5. The highest BCUT2D eigenvalue weighted by Crippen LogP contribution is 2.38. The SMILES string of the molecule is COCC1OC(n2cc(CNC(=O)C(N)CS(=O)(=O)O)c3c(=O)[nH]c(N)nc32)C(C)C1OC. The lowest BCUT2D eigenvalue weighted by Gasteiger charge is -2.19. The molecule has 0 spiro atoms. The Labute approximate surface area is 189 Å². The van der Waals surface area contributed by atoms with Crippen LogP contribution < -0.4 is 22.3 Å². The van der Waals surface area contributed by atoms with E-state index < -0.39 is 39.6 Å². The summed E-state index contributed by atoms with van der Waals surface area (Å²) in [6.45, 7) is 2.06. The molecular formula is C18H28N6O8S. The van der Waals surface area contributed by atoms with E-state index in [1.54, 1.807) is 25.0 Å². The van der Waals surface area contributed by atoms with Crippen LogP contribution in [0.3, 0.4) is 0 Å². The van der Waals surface area contributed by atoms with Gasteiger partial charge in [-0.1, -0.05) is 6.92 Å². The molecule has 0 bridgehead atoms. The Morgan fingerprint density at radius 3 is 2.76 bits per heavy atom. The van der Waals surface area contributed by atoms with Crippen LogP contribution in [0.5, 0.6) is 0 Å². The Kier molecular flexibility index (Phi) is 7.40. The average Bonchev–Trinajstić information content (AvgIpc) is 3.22. The van der Waals surface area contributed by atoms with Crippen LogP contribution in [0.25, 0.3) is 11.0 Å². The molecule has 1 fully saturated rings. The molecule has 184 valence electrons. The van der Waals surface area contributed by atoms with Crippen LogP contribution in [-0.4, -0.2) is 78.2 Å². The van der Waals surface area contributed by atoms with Gasteiger partial charge in [-0.05, 0) is 0 Å². The van der Waals surface area contributed by atoms with Crippen molar-refractivity contribution in [3.63, 3.8) is 0 Å². The van der Waals surface area contributed by atoms with Crippen LogP contribution in [0, 0.1) is 5.92 Å². The molecule has 1 aliphatic heterocycles. The van der Waals surface area contributed by atoms with E-state index in [4.69, 9.17) is 30.2 Å². The number of carbonyl (C=O) groups excluding carboxylic acids is 1. The van der Waals surface area contributed by atoms with Crippen molar-refractivity contribution in [3.8, 4) is 0 Å². The van der Waals surface area contributed by atoms with E-state index in [0.717, 1.165) is 0 Å². The number of hydrogen-bond donors (Lipinski definition) is 5.